The Hall–Kier alpha value is -0.809. The number of carbonyl (C=O) groups excluding carboxylic acids is 1. The molecule has 0 radical (unpaired) electrons. The van der Waals surface area contributed by atoms with E-state index in [1.807, 2.05) is 0 Å². The molecular formula is C24H37OPSi3. The Morgan fingerprint density at radius 2 is 1.38 bits per heavy atom. The Kier molecular flexibility index (Phi) is 5.84. The van der Waals surface area contributed by atoms with Crippen LogP contribution in [0.15, 0.2) is 60.0 Å². The van der Waals surface area contributed by atoms with Crippen molar-refractivity contribution in [3.05, 3.63) is 65.5 Å². The highest BCUT2D eigenvalue weighted by atomic mass is 31.5. The van der Waals surface area contributed by atoms with Gasteiger partial charge in [0.15, 0.2) is 5.52 Å². The largest absolute Gasteiger partial charge is 0.294 e. The third-order valence-electron chi connectivity index (χ3n) is 6.35. The van der Waals surface area contributed by atoms with E-state index in [4.69, 9.17) is 0 Å². The normalized spacial score (nSPS) is 22.2. The number of rotatable bonds is 5. The number of hydrogen-bond acceptors (Lipinski definition) is 1. The van der Waals surface area contributed by atoms with Crippen molar-refractivity contribution in [2.75, 3.05) is 0 Å². The lowest BCUT2D eigenvalue weighted by atomic mass is 9.94. The van der Waals surface area contributed by atoms with E-state index in [9.17, 15) is 4.79 Å². The molecule has 0 spiro atoms. The average Bonchev–Trinajstić information content (AvgIpc) is 3.05. The van der Waals surface area contributed by atoms with Crippen LogP contribution in [0.2, 0.25) is 39.3 Å². The van der Waals surface area contributed by atoms with E-state index < -0.39 is 29.4 Å². The predicted octanol–water partition coefficient (Wildman–Crippen LogP) is 7.53. The van der Waals surface area contributed by atoms with Gasteiger partial charge in [0, 0.05) is 15.2 Å². The summed E-state index contributed by atoms with van der Waals surface area (Å²) in [5.41, 5.74) is 2.00. The van der Waals surface area contributed by atoms with Gasteiger partial charge in [-0.05, 0) is 29.0 Å². The topological polar surface area (TPSA) is 17.1 Å². The highest BCUT2D eigenvalue weighted by Crippen LogP contribution is 2.78. The molecule has 0 N–H and O–H groups in total. The van der Waals surface area contributed by atoms with Gasteiger partial charge in [-0.2, -0.15) is 0 Å². The molecule has 1 nitrogen and oxygen atoms in total. The average molecular weight is 457 g/mol. The molecule has 29 heavy (non-hydrogen) atoms. The lowest BCUT2D eigenvalue weighted by molar-refractivity contribution is -0.112. The molecule has 156 valence electrons. The standard InChI is InChI=1S/C24H37OPSi3/c1-24(2,3)22-21(19-15-11-10-12-16-19)29(27(4,5)6,28(7,8)9)26(22)23(25)20-17-13-14-18-20/h10-18,20H,1-9H3. The van der Waals surface area contributed by atoms with Gasteiger partial charge in [-0.3, -0.25) is 4.79 Å². The van der Waals surface area contributed by atoms with E-state index in [0.29, 0.717) is 5.52 Å². The minimum Gasteiger partial charge on any atom is -0.294 e. The zero-order valence-corrected chi connectivity index (χ0v) is 23.5. The lowest BCUT2D eigenvalue weighted by Crippen LogP contribution is -2.75. The summed E-state index contributed by atoms with van der Waals surface area (Å²) < 4.78 is 0. The fourth-order valence-corrected chi connectivity index (χ4v) is 73.8. The first-order chi connectivity index (χ1) is 13.2. The van der Waals surface area contributed by atoms with Gasteiger partial charge in [-0.15, -0.1) is 0 Å². The summed E-state index contributed by atoms with van der Waals surface area (Å²) in [5.74, 6) is -0.00430. The Bertz CT molecular complexity index is 867. The summed E-state index contributed by atoms with van der Waals surface area (Å²) in [7, 11) is -3.91. The molecule has 0 saturated heterocycles. The maximum Gasteiger partial charge on any atom is 0.165 e. The van der Waals surface area contributed by atoms with E-state index in [2.05, 4.69) is 115 Å². The Morgan fingerprint density at radius 3 is 1.79 bits per heavy atom. The number of benzene rings is 1. The van der Waals surface area contributed by atoms with Crippen LogP contribution in [0.25, 0.3) is 5.20 Å². The second-order valence-corrected chi connectivity index (χ2v) is 44.9. The van der Waals surface area contributed by atoms with Gasteiger partial charge in [0.25, 0.3) is 0 Å². The van der Waals surface area contributed by atoms with Crippen LogP contribution in [0.4, 0.5) is 0 Å². The molecule has 0 bridgehead atoms. The quantitative estimate of drug-likeness (QED) is 0.330. The second-order valence-electron chi connectivity index (χ2n) is 11.5. The lowest BCUT2D eigenvalue weighted by Gasteiger charge is -2.65. The summed E-state index contributed by atoms with van der Waals surface area (Å²) in [6.45, 7) is 20.5. The monoisotopic (exact) mass is 456 g/mol. The molecule has 2 aliphatic rings. The number of allylic oxidation sites excluding steroid dienone is 5. The maximum absolute atomic E-state index is 14.1. The van der Waals surface area contributed by atoms with Gasteiger partial charge in [-0.1, -0.05) is 115 Å². The van der Waals surface area contributed by atoms with Crippen molar-refractivity contribution in [2.45, 2.75) is 60.1 Å². The zero-order valence-electron chi connectivity index (χ0n) is 19.6. The molecule has 0 fully saturated rings. The van der Waals surface area contributed by atoms with E-state index in [-0.39, 0.29) is 11.3 Å². The van der Waals surface area contributed by atoms with Gasteiger partial charge in [-0.25, -0.2) is 0 Å². The summed E-state index contributed by atoms with van der Waals surface area (Å²) >= 11 is 0. The van der Waals surface area contributed by atoms with Crippen LogP contribution in [-0.4, -0.2) is 27.5 Å². The van der Waals surface area contributed by atoms with Crippen LogP contribution in [0.1, 0.15) is 26.3 Å². The van der Waals surface area contributed by atoms with Crippen molar-refractivity contribution in [3.63, 3.8) is 0 Å². The molecule has 3 rings (SSSR count). The molecule has 1 unspecified atom stereocenters. The van der Waals surface area contributed by atoms with Gasteiger partial charge in [0.1, 0.15) is 6.78 Å². The van der Waals surface area contributed by atoms with Gasteiger partial charge >= 0.3 is 0 Å². The van der Waals surface area contributed by atoms with Crippen LogP contribution < -0.4 is 0 Å². The van der Waals surface area contributed by atoms with Crippen molar-refractivity contribution < 1.29 is 4.79 Å². The third-order valence-corrected chi connectivity index (χ3v) is 63.1. The van der Waals surface area contributed by atoms with Crippen LogP contribution >= 0.6 is 7.47 Å². The van der Waals surface area contributed by atoms with E-state index >= 15 is 0 Å². The first-order valence-corrected chi connectivity index (χ1v) is 23.9. The molecule has 1 aromatic carbocycles. The van der Waals surface area contributed by atoms with Crippen molar-refractivity contribution >= 4 is 40.1 Å². The second kappa shape index (κ2) is 7.40. The first kappa shape index (κ1) is 22.9. The summed E-state index contributed by atoms with van der Waals surface area (Å²) in [6, 6.07) is 11.1. The van der Waals surface area contributed by atoms with E-state index in [1.165, 1.54) is 10.9 Å². The highest BCUT2D eigenvalue weighted by Gasteiger charge is 2.71. The van der Waals surface area contributed by atoms with Gasteiger partial charge in [0.05, 0.1) is 5.92 Å². The van der Waals surface area contributed by atoms with Crippen LogP contribution in [0, 0.1) is 11.3 Å². The zero-order chi connectivity index (χ0) is 21.8. The molecule has 1 heterocycles. The van der Waals surface area contributed by atoms with Crippen molar-refractivity contribution in [1.29, 1.82) is 0 Å². The molecule has 1 atom stereocenters. The molecule has 0 aromatic heterocycles. The predicted molar refractivity (Wildman–Crippen MR) is 139 cm³/mol. The van der Waals surface area contributed by atoms with Crippen molar-refractivity contribution in [2.24, 2.45) is 11.3 Å². The maximum atomic E-state index is 14.1. The summed E-state index contributed by atoms with van der Waals surface area (Å²) in [6.07, 6.45) is 8.36. The molecule has 1 aliphatic heterocycles. The molecule has 5 heteroatoms. The highest BCUT2D eigenvalue weighted by molar-refractivity contribution is 8.31. The van der Waals surface area contributed by atoms with Crippen LogP contribution in [0.3, 0.4) is 0 Å². The van der Waals surface area contributed by atoms with Gasteiger partial charge in [0.2, 0.25) is 0 Å². The summed E-state index contributed by atoms with van der Waals surface area (Å²) in [5, 5.41) is 3.21. The van der Waals surface area contributed by atoms with E-state index in [0.717, 1.165) is 0 Å². The van der Waals surface area contributed by atoms with Crippen molar-refractivity contribution in [1.82, 2.24) is 0 Å². The minimum absolute atomic E-state index is 0.00430. The minimum atomic E-state index is -1.94. The van der Waals surface area contributed by atoms with E-state index in [1.54, 1.807) is 5.20 Å². The van der Waals surface area contributed by atoms with Crippen molar-refractivity contribution in [3.8, 4) is 0 Å². The third kappa shape index (κ3) is 3.50. The van der Waals surface area contributed by atoms with Crippen LogP contribution in [0.5, 0.6) is 0 Å². The smallest absolute Gasteiger partial charge is 0.165 e. The molecule has 1 aliphatic carbocycles. The Labute approximate surface area is 181 Å². The molecular weight excluding hydrogens is 419 g/mol. The van der Waals surface area contributed by atoms with Crippen LogP contribution in [-0.2, 0) is 4.79 Å². The number of hydrogen-bond donors (Lipinski definition) is 0. The fraction of sp³-hybridized carbons (Fsp3) is 0.458. The molecule has 0 amide bonds. The Morgan fingerprint density at radius 1 is 0.897 bits per heavy atom. The SMILES string of the molecule is CC(C)(C)C1=C(c2ccccc2)[Si]([Si](C)(C)C)([Si](C)(C)C)P1C(=O)C1C=CC=C1. The molecule has 0 saturated carbocycles. The first-order valence-electron chi connectivity index (χ1n) is 10.7. The summed E-state index contributed by atoms with van der Waals surface area (Å²) in [4.78, 5) is 14.1. The Balaban J connectivity index is 2.40. The molecule has 1 aromatic rings. The number of carbonyl (C=O) groups is 1. The van der Waals surface area contributed by atoms with Gasteiger partial charge < -0.3 is 0 Å². The fourth-order valence-electron chi connectivity index (χ4n) is 5.74.